The van der Waals surface area contributed by atoms with Crippen LogP contribution >= 0.6 is 0 Å². The number of unbranched alkanes of at least 4 members (excludes halogenated alkanes) is 1. The lowest BCUT2D eigenvalue weighted by Gasteiger charge is -2.20. The molecule has 2 aromatic carbocycles. The predicted molar refractivity (Wildman–Crippen MR) is 131 cm³/mol. The van der Waals surface area contributed by atoms with Crippen LogP contribution in [-0.2, 0) is 20.9 Å². The zero-order valence-electron chi connectivity index (χ0n) is 20.4. The van der Waals surface area contributed by atoms with E-state index in [-0.39, 0.29) is 12.5 Å². The number of rotatable bonds is 10. The van der Waals surface area contributed by atoms with Crippen LogP contribution in [0.25, 0.3) is 0 Å². The summed E-state index contributed by atoms with van der Waals surface area (Å²) in [6.07, 6.45) is 0.451. The van der Waals surface area contributed by atoms with Crippen LogP contribution in [0.15, 0.2) is 54.6 Å². The summed E-state index contributed by atoms with van der Waals surface area (Å²) >= 11 is 0. The van der Waals surface area contributed by atoms with Crippen molar-refractivity contribution < 1.29 is 23.9 Å². The van der Waals surface area contributed by atoms with Crippen LogP contribution in [-0.4, -0.2) is 36.3 Å². The van der Waals surface area contributed by atoms with Crippen LogP contribution in [0.1, 0.15) is 51.2 Å². The minimum atomic E-state index is -0.786. The second-order valence-electron chi connectivity index (χ2n) is 9.04. The first-order chi connectivity index (χ1) is 16.1. The number of alkyl carbamates (subject to hydrolysis) is 2. The van der Waals surface area contributed by atoms with Crippen LogP contribution in [0.2, 0.25) is 0 Å². The van der Waals surface area contributed by atoms with Gasteiger partial charge in [0.15, 0.2) is 0 Å². The van der Waals surface area contributed by atoms with Gasteiger partial charge in [-0.2, -0.15) is 0 Å². The van der Waals surface area contributed by atoms with Gasteiger partial charge in [-0.3, -0.25) is 4.79 Å². The van der Waals surface area contributed by atoms with Gasteiger partial charge in [-0.15, -0.1) is 0 Å². The molecule has 0 heterocycles. The minimum absolute atomic E-state index is 0.110. The Morgan fingerprint density at radius 2 is 1.59 bits per heavy atom. The summed E-state index contributed by atoms with van der Waals surface area (Å²) in [6.45, 7) is 7.87. The van der Waals surface area contributed by atoms with E-state index in [0.29, 0.717) is 31.5 Å². The molecule has 0 radical (unpaired) electrons. The van der Waals surface area contributed by atoms with Crippen molar-refractivity contribution in [2.45, 2.75) is 65.2 Å². The third-order valence-electron chi connectivity index (χ3n) is 4.73. The Labute approximate surface area is 201 Å². The first kappa shape index (κ1) is 26.7. The zero-order valence-corrected chi connectivity index (χ0v) is 20.4. The monoisotopic (exact) mass is 469 g/mol. The Bertz CT molecular complexity index is 924. The molecule has 8 nitrogen and oxygen atoms in total. The molecule has 0 aliphatic rings. The maximum atomic E-state index is 12.9. The van der Waals surface area contributed by atoms with Gasteiger partial charge >= 0.3 is 12.2 Å². The quantitative estimate of drug-likeness (QED) is 0.428. The second-order valence-corrected chi connectivity index (χ2v) is 9.04. The van der Waals surface area contributed by atoms with E-state index in [4.69, 9.17) is 9.47 Å². The number of hydrogen-bond donors (Lipinski definition) is 3. The van der Waals surface area contributed by atoms with E-state index in [9.17, 15) is 14.4 Å². The van der Waals surface area contributed by atoms with Crippen molar-refractivity contribution in [2.24, 2.45) is 0 Å². The van der Waals surface area contributed by atoms with Gasteiger partial charge in [0.1, 0.15) is 18.2 Å². The fourth-order valence-electron chi connectivity index (χ4n) is 3.02. The highest BCUT2D eigenvalue weighted by atomic mass is 16.6. The summed E-state index contributed by atoms with van der Waals surface area (Å²) in [4.78, 5) is 37.0. The molecule has 0 aromatic heterocycles. The van der Waals surface area contributed by atoms with Gasteiger partial charge in [-0.25, -0.2) is 9.59 Å². The van der Waals surface area contributed by atoms with Crippen molar-refractivity contribution in [1.82, 2.24) is 10.6 Å². The second kappa shape index (κ2) is 13.2. The Kier molecular flexibility index (Phi) is 10.4. The van der Waals surface area contributed by atoms with Crippen LogP contribution in [0.5, 0.6) is 0 Å². The lowest BCUT2D eigenvalue weighted by molar-refractivity contribution is -0.118. The number of benzene rings is 2. The summed E-state index contributed by atoms with van der Waals surface area (Å²) in [7, 11) is 0. The molecule has 0 aliphatic carbocycles. The van der Waals surface area contributed by atoms with Gasteiger partial charge in [-0.05, 0) is 64.7 Å². The maximum Gasteiger partial charge on any atom is 0.408 e. The molecule has 0 saturated heterocycles. The van der Waals surface area contributed by atoms with E-state index in [1.807, 2.05) is 61.5 Å². The molecule has 8 heteroatoms. The highest BCUT2D eigenvalue weighted by Gasteiger charge is 2.22. The average molecular weight is 470 g/mol. The lowest BCUT2D eigenvalue weighted by Crippen LogP contribution is -2.44. The van der Waals surface area contributed by atoms with E-state index >= 15 is 0 Å². The van der Waals surface area contributed by atoms with E-state index in [1.54, 1.807) is 20.8 Å². The normalized spacial score (nSPS) is 11.8. The van der Waals surface area contributed by atoms with E-state index in [0.717, 1.165) is 11.1 Å². The molecule has 0 spiro atoms. The highest BCUT2D eigenvalue weighted by Crippen LogP contribution is 2.12. The molecule has 184 valence electrons. The number of hydrogen-bond acceptors (Lipinski definition) is 5. The molecule has 2 aromatic rings. The smallest absolute Gasteiger partial charge is 0.408 e. The number of anilines is 1. The van der Waals surface area contributed by atoms with Gasteiger partial charge in [0.05, 0.1) is 0 Å². The van der Waals surface area contributed by atoms with E-state index in [1.165, 1.54) is 0 Å². The van der Waals surface area contributed by atoms with Gasteiger partial charge in [0.2, 0.25) is 5.91 Å². The number of amides is 3. The largest absolute Gasteiger partial charge is 0.445 e. The molecule has 1 atom stereocenters. The van der Waals surface area contributed by atoms with Crippen molar-refractivity contribution in [3.8, 4) is 0 Å². The maximum absolute atomic E-state index is 12.9. The Morgan fingerprint density at radius 1 is 0.912 bits per heavy atom. The third kappa shape index (κ3) is 10.8. The molecule has 0 saturated carbocycles. The molecule has 0 bridgehead atoms. The standard InChI is InChI=1S/C26H35N3O5/c1-19-13-15-21(16-14-19)28-23(30)22(12-8-9-17-27-24(31)34-26(2,3)4)29-25(32)33-18-20-10-6-5-7-11-20/h5-7,10-11,13-16,22H,8-9,12,17-18H2,1-4H3,(H,27,31)(H,28,30)(H,29,32). The lowest BCUT2D eigenvalue weighted by atomic mass is 10.1. The molecule has 0 aliphatic heterocycles. The molecule has 1 unspecified atom stereocenters. The summed E-state index contributed by atoms with van der Waals surface area (Å²) in [5.41, 5.74) is 2.01. The third-order valence-corrected chi connectivity index (χ3v) is 4.73. The van der Waals surface area contributed by atoms with Crippen molar-refractivity contribution in [2.75, 3.05) is 11.9 Å². The molecule has 3 amide bonds. The van der Waals surface area contributed by atoms with Gasteiger partial charge < -0.3 is 25.4 Å². The summed E-state index contributed by atoms with van der Waals surface area (Å²) < 4.78 is 10.5. The van der Waals surface area contributed by atoms with Crippen LogP contribution < -0.4 is 16.0 Å². The molecule has 2 rings (SSSR count). The Balaban J connectivity index is 1.87. The van der Waals surface area contributed by atoms with Gasteiger partial charge in [-0.1, -0.05) is 48.0 Å². The molecule has 3 N–H and O–H groups in total. The van der Waals surface area contributed by atoms with Crippen molar-refractivity contribution in [1.29, 1.82) is 0 Å². The first-order valence-corrected chi connectivity index (χ1v) is 11.4. The SMILES string of the molecule is Cc1ccc(NC(=O)C(CCCCNC(=O)OC(C)(C)C)NC(=O)OCc2ccccc2)cc1. The van der Waals surface area contributed by atoms with E-state index < -0.39 is 23.8 Å². The minimum Gasteiger partial charge on any atom is -0.445 e. The fraction of sp³-hybridized carbons (Fsp3) is 0.423. The fourth-order valence-corrected chi connectivity index (χ4v) is 3.02. The topological polar surface area (TPSA) is 106 Å². The van der Waals surface area contributed by atoms with E-state index in [2.05, 4.69) is 16.0 Å². The number of ether oxygens (including phenoxy) is 2. The molecule has 0 fully saturated rings. The molecule has 34 heavy (non-hydrogen) atoms. The number of carbonyl (C=O) groups excluding carboxylic acids is 3. The Morgan fingerprint density at radius 3 is 2.24 bits per heavy atom. The number of nitrogens with one attached hydrogen (secondary N) is 3. The number of aryl methyl sites for hydroxylation is 1. The van der Waals surface area contributed by atoms with Gasteiger partial charge in [0.25, 0.3) is 0 Å². The highest BCUT2D eigenvalue weighted by molar-refractivity contribution is 5.96. The Hall–Kier alpha value is -3.55. The summed E-state index contributed by atoms with van der Waals surface area (Å²) in [6, 6.07) is 15.9. The summed E-state index contributed by atoms with van der Waals surface area (Å²) in [5, 5.41) is 8.19. The van der Waals surface area contributed by atoms with Crippen molar-refractivity contribution >= 4 is 23.8 Å². The van der Waals surface area contributed by atoms with Crippen LogP contribution in [0.3, 0.4) is 0 Å². The van der Waals surface area contributed by atoms with Crippen LogP contribution in [0.4, 0.5) is 15.3 Å². The first-order valence-electron chi connectivity index (χ1n) is 11.4. The van der Waals surface area contributed by atoms with Crippen molar-refractivity contribution in [3.63, 3.8) is 0 Å². The average Bonchev–Trinajstić information content (AvgIpc) is 2.77. The zero-order chi connectivity index (χ0) is 25.0. The van der Waals surface area contributed by atoms with Crippen molar-refractivity contribution in [3.05, 3.63) is 65.7 Å². The van der Waals surface area contributed by atoms with Gasteiger partial charge in [0, 0.05) is 12.2 Å². The molecular weight excluding hydrogens is 434 g/mol. The van der Waals surface area contributed by atoms with Crippen LogP contribution in [0, 0.1) is 6.92 Å². The predicted octanol–water partition coefficient (Wildman–Crippen LogP) is 4.92. The summed E-state index contributed by atoms with van der Waals surface area (Å²) in [5.74, 6) is -0.333. The number of carbonyl (C=O) groups is 3. The molecular formula is C26H35N3O5.